The maximum Gasteiger partial charge on any atom is 0.253 e. The van der Waals surface area contributed by atoms with Gasteiger partial charge in [0, 0.05) is 36.2 Å². The molecule has 2 amide bonds. The van der Waals surface area contributed by atoms with Crippen molar-refractivity contribution in [2.24, 2.45) is 11.8 Å². The van der Waals surface area contributed by atoms with Crippen LogP contribution >= 0.6 is 0 Å². The van der Waals surface area contributed by atoms with Crippen molar-refractivity contribution in [2.75, 3.05) is 18.4 Å². The number of nitrogens with zero attached hydrogens (tertiary/aromatic N) is 1. The van der Waals surface area contributed by atoms with Crippen molar-refractivity contribution in [3.63, 3.8) is 0 Å². The van der Waals surface area contributed by atoms with E-state index in [1.165, 1.54) is 0 Å². The lowest BCUT2D eigenvalue weighted by Crippen LogP contribution is -2.37. The zero-order chi connectivity index (χ0) is 18.1. The zero-order valence-corrected chi connectivity index (χ0v) is 15.0. The first-order valence-corrected chi connectivity index (χ1v) is 9.35. The number of rotatable bonds is 4. The van der Waals surface area contributed by atoms with Crippen LogP contribution in [0.4, 0.5) is 5.69 Å². The second kappa shape index (κ2) is 6.98. The molecule has 1 aromatic carbocycles. The molecule has 2 heterocycles. The minimum Gasteiger partial charge on any atom is -0.469 e. The van der Waals surface area contributed by atoms with E-state index in [9.17, 15) is 9.59 Å². The van der Waals surface area contributed by atoms with Gasteiger partial charge in [-0.25, -0.2) is 0 Å². The van der Waals surface area contributed by atoms with Crippen molar-refractivity contribution in [1.29, 1.82) is 0 Å². The number of furan rings is 1. The van der Waals surface area contributed by atoms with E-state index in [-0.39, 0.29) is 23.7 Å². The van der Waals surface area contributed by atoms with Crippen molar-refractivity contribution in [1.82, 2.24) is 4.90 Å². The van der Waals surface area contributed by atoms with Gasteiger partial charge in [-0.2, -0.15) is 0 Å². The first-order chi connectivity index (χ1) is 12.6. The molecular weight excluding hydrogens is 328 g/mol. The van der Waals surface area contributed by atoms with Crippen molar-refractivity contribution in [3.8, 4) is 0 Å². The predicted octanol–water partition coefficient (Wildman–Crippen LogP) is 3.89. The monoisotopic (exact) mass is 352 g/mol. The molecular formula is C21H24N2O3. The third-order valence-electron chi connectivity index (χ3n) is 5.51. The van der Waals surface area contributed by atoms with Crippen LogP contribution < -0.4 is 5.32 Å². The molecule has 1 saturated heterocycles. The highest BCUT2D eigenvalue weighted by molar-refractivity contribution is 5.97. The molecule has 1 aliphatic carbocycles. The molecule has 2 aliphatic rings. The number of nitrogens with one attached hydrogen (secondary N) is 1. The number of hydrogen-bond acceptors (Lipinski definition) is 3. The zero-order valence-electron chi connectivity index (χ0n) is 15.0. The molecule has 2 atom stereocenters. The van der Waals surface area contributed by atoms with E-state index in [4.69, 9.17) is 4.42 Å². The van der Waals surface area contributed by atoms with Crippen LogP contribution in [0.15, 0.2) is 47.1 Å². The summed E-state index contributed by atoms with van der Waals surface area (Å²) >= 11 is 0. The van der Waals surface area contributed by atoms with E-state index < -0.39 is 0 Å². The highest BCUT2D eigenvalue weighted by Crippen LogP contribution is 2.48. The topological polar surface area (TPSA) is 62.6 Å². The Morgan fingerprint density at radius 3 is 2.50 bits per heavy atom. The normalized spacial score (nSPS) is 22.9. The molecule has 1 aliphatic heterocycles. The fourth-order valence-electron chi connectivity index (χ4n) is 3.63. The van der Waals surface area contributed by atoms with Gasteiger partial charge in [-0.15, -0.1) is 0 Å². The van der Waals surface area contributed by atoms with Gasteiger partial charge in [0.2, 0.25) is 5.91 Å². The van der Waals surface area contributed by atoms with Crippen LogP contribution in [-0.2, 0) is 4.79 Å². The molecule has 26 heavy (non-hydrogen) atoms. The maximum absolute atomic E-state index is 12.6. The van der Waals surface area contributed by atoms with Crippen LogP contribution in [0.2, 0.25) is 0 Å². The van der Waals surface area contributed by atoms with E-state index >= 15 is 0 Å². The molecule has 1 saturated carbocycles. The lowest BCUT2D eigenvalue weighted by molar-refractivity contribution is -0.117. The maximum atomic E-state index is 12.6. The van der Waals surface area contributed by atoms with Crippen LogP contribution in [-0.4, -0.2) is 29.8 Å². The Bertz CT molecular complexity index is 774. The van der Waals surface area contributed by atoms with Gasteiger partial charge in [0.25, 0.3) is 5.91 Å². The number of amides is 2. The van der Waals surface area contributed by atoms with Crippen LogP contribution in [0.3, 0.4) is 0 Å². The van der Waals surface area contributed by atoms with Crippen LogP contribution in [0, 0.1) is 11.8 Å². The fourth-order valence-corrected chi connectivity index (χ4v) is 3.63. The summed E-state index contributed by atoms with van der Waals surface area (Å²) in [6.07, 6.45) is 4.60. The summed E-state index contributed by atoms with van der Waals surface area (Å²) in [6.45, 7) is 3.89. The molecule has 2 fully saturated rings. The Morgan fingerprint density at radius 2 is 1.85 bits per heavy atom. The first kappa shape index (κ1) is 16.9. The smallest absolute Gasteiger partial charge is 0.253 e. The second-order valence-electron chi connectivity index (χ2n) is 7.51. The average molecular weight is 352 g/mol. The summed E-state index contributed by atoms with van der Waals surface area (Å²) in [6, 6.07) is 11.0. The number of carbonyl (C=O) groups is 2. The van der Waals surface area contributed by atoms with E-state index in [2.05, 4.69) is 12.2 Å². The van der Waals surface area contributed by atoms with Crippen LogP contribution in [0.1, 0.15) is 48.2 Å². The van der Waals surface area contributed by atoms with Gasteiger partial charge in [0.15, 0.2) is 0 Å². The van der Waals surface area contributed by atoms with Gasteiger partial charge in [0.05, 0.1) is 6.26 Å². The standard InChI is InChI=1S/C21H24N2O3/c1-14-8-10-23(11-9-14)21(25)15-4-6-16(7-5-15)22-20(24)18-13-17(18)19-3-2-12-26-19/h2-7,12,14,17-18H,8-11,13H2,1H3,(H,22,24). The largest absolute Gasteiger partial charge is 0.469 e. The first-order valence-electron chi connectivity index (χ1n) is 9.35. The number of piperidine rings is 1. The number of hydrogen-bond donors (Lipinski definition) is 1. The van der Waals surface area contributed by atoms with Crippen LogP contribution in [0.5, 0.6) is 0 Å². The summed E-state index contributed by atoms with van der Waals surface area (Å²) in [5.74, 6) is 1.82. The summed E-state index contributed by atoms with van der Waals surface area (Å²) in [5, 5.41) is 2.94. The molecule has 0 radical (unpaired) electrons. The van der Waals surface area contributed by atoms with Crippen molar-refractivity contribution in [3.05, 3.63) is 54.0 Å². The summed E-state index contributed by atoms with van der Waals surface area (Å²) in [5.41, 5.74) is 1.40. The lowest BCUT2D eigenvalue weighted by atomic mass is 9.98. The van der Waals surface area contributed by atoms with Crippen molar-refractivity contribution in [2.45, 2.75) is 32.1 Å². The van der Waals surface area contributed by atoms with E-state index in [0.29, 0.717) is 11.5 Å². The Morgan fingerprint density at radius 1 is 1.12 bits per heavy atom. The number of carbonyl (C=O) groups excluding carboxylic acids is 2. The number of benzene rings is 1. The van der Waals surface area contributed by atoms with E-state index in [1.807, 2.05) is 29.2 Å². The highest BCUT2D eigenvalue weighted by atomic mass is 16.3. The van der Waals surface area contributed by atoms with Gasteiger partial charge in [-0.1, -0.05) is 6.92 Å². The van der Waals surface area contributed by atoms with E-state index in [0.717, 1.165) is 43.8 Å². The van der Waals surface area contributed by atoms with Gasteiger partial charge < -0.3 is 14.6 Å². The SMILES string of the molecule is CC1CCN(C(=O)c2ccc(NC(=O)C3CC3c3ccco3)cc2)CC1. The second-order valence-corrected chi connectivity index (χ2v) is 7.51. The Hall–Kier alpha value is -2.56. The summed E-state index contributed by atoms with van der Waals surface area (Å²) in [7, 11) is 0. The van der Waals surface area contributed by atoms with E-state index in [1.54, 1.807) is 18.4 Å². The minimum absolute atomic E-state index is 0.00972. The van der Waals surface area contributed by atoms with Gasteiger partial charge in [0.1, 0.15) is 5.76 Å². The quantitative estimate of drug-likeness (QED) is 0.908. The van der Waals surface area contributed by atoms with Crippen molar-refractivity contribution >= 4 is 17.5 Å². The summed E-state index contributed by atoms with van der Waals surface area (Å²) < 4.78 is 5.37. The average Bonchev–Trinajstić information content (AvgIpc) is 3.28. The molecule has 0 bridgehead atoms. The lowest BCUT2D eigenvalue weighted by Gasteiger charge is -2.30. The Labute approximate surface area is 153 Å². The fraction of sp³-hybridized carbons (Fsp3) is 0.429. The molecule has 2 aromatic rings. The Kier molecular flexibility index (Phi) is 4.53. The molecule has 1 N–H and O–H groups in total. The molecule has 0 spiro atoms. The summed E-state index contributed by atoms with van der Waals surface area (Å²) in [4.78, 5) is 26.8. The molecule has 5 heteroatoms. The van der Waals surface area contributed by atoms with Gasteiger partial charge >= 0.3 is 0 Å². The molecule has 1 aromatic heterocycles. The van der Waals surface area contributed by atoms with Gasteiger partial charge in [-0.3, -0.25) is 9.59 Å². The molecule has 2 unspecified atom stereocenters. The van der Waals surface area contributed by atoms with Crippen LogP contribution in [0.25, 0.3) is 0 Å². The molecule has 136 valence electrons. The van der Waals surface area contributed by atoms with Gasteiger partial charge in [-0.05, 0) is 61.6 Å². The number of anilines is 1. The number of likely N-dealkylation sites (tertiary alicyclic amines) is 1. The molecule has 4 rings (SSSR count). The predicted molar refractivity (Wildman–Crippen MR) is 98.9 cm³/mol. The minimum atomic E-state index is -0.0298. The third kappa shape index (κ3) is 3.52. The Balaban J connectivity index is 1.33. The van der Waals surface area contributed by atoms with Crippen molar-refractivity contribution < 1.29 is 14.0 Å². The highest BCUT2D eigenvalue weighted by Gasteiger charge is 2.45. The molecule has 5 nitrogen and oxygen atoms in total. The third-order valence-corrected chi connectivity index (χ3v) is 5.51.